The van der Waals surface area contributed by atoms with Crippen molar-refractivity contribution in [3.05, 3.63) is 46.9 Å². The second-order valence-electron chi connectivity index (χ2n) is 4.98. The molecule has 0 amide bonds. The van der Waals surface area contributed by atoms with E-state index in [-0.39, 0.29) is 6.04 Å². The summed E-state index contributed by atoms with van der Waals surface area (Å²) in [5.41, 5.74) is 9.45. The molecule has 0 aliphatic heterocycles. The van der Waals surface area contributed by atoms with Crippen LogP contribution in [0.1, 0.15) is 35.6 Å². The molecule has 104 valence electrons. The molecule has 2 rings (SSSR count). The minimum Gasteiger partial charge on any atom is -0.466 e. The summed E-state index contributed by atoms with van der Waals surface area (Å²) < 4.78 is 5.55. The summed E-state index contributed by atoms with van der Waals surface area (Å²) in [6.45, 7) is 5.99. The maximum absolute atomic E-state index is 8.80. The number of nitrogen functional groups attached to an aromatic ring is 1. The number of aryl methyl sites for hydroxylation is 2. The van der Waals surface area contributed by atoms with Gasteiger partial charge < -0.3 is 15.5 Å². The minimum absolute atomic E-state index is 0.131. The lowest BCUT2D eigenvalue weighted by atomic mass is 10.1. The predicted octanol–water partition coefficient (Wildman–Crippen LogP) is 3.72. The van der Waals surface area contributed by atoms with Crippen molar-refractivity contribution < 1.29 is 4.42 Å². The van der Waals surface area contributed by atoms with E-state index in [4.69, 9.17) is 15.4 Å². The molecule has 0 saturated heterocycles. The zero-order chi connectivity index (χ0) is 14.7. The Hall–Kier alpha value is -2.41. The van der Waals surface area contributed by atoms with Crippen LogP contribution in [0.3, 0.4) is 0 Å². The van der Waals surface area contributed by atoms with E-state index in [1.807, 2.05) is 38.1 Å². The maximum atomic E-state index is 8.80. The second-order valence-corrected chi connectivity index (χ2v) is 4.98. The van der Waals surface area contributed by atoms with Gasteiger partial charge in [0.1, 0.15) is 11.5 Å². The lowest BCUT2D eigenvalue weighted by Gasteiger charge is -2.16. The third kappa shape index (κ3) is 2.94. The summed E-state index contributed by atoms with van der Waals surface area (Å²) in [5, 5.41) is 12.2. The molecule has 0 aliphatic carbocycles. The number of hydrogen-bond acceptors (Lipinski definition) is 4. The lowest BCUT2D eigenvalue weighted by molar-refractivity contribution is 0.500. The Morgan fingerprint density at radius 2 is 2.10 bits per heavy atom. The minimum atomic E-state index is 0.131. The molecule has 0 spiro atoms. The van der Waals surface area contributed by atoms with Crippen LogP contribution in [-0.2, 0) is 6.42 Å². The molecule has 1 aromatic heterocycles. The number of furan rings is 1. The number of nitriles is 1. The topological polar surface area (TPSA) is 75.0 Å². The van der Waals surface area contributed by atoms with Crippen molar-refractivity contribution in [2.75, 3.05) is 11.1 Å². The Kier molecular flexibility index (Phi) is 3.99. The van der Waals surface area contributed by atoms with Gasteiger partial charge in [-0.15, -0.1) is 0 Å². The molecule has 1 aromatic carbocycles. The third-order valence-corrected chi connectivity index (χ3v) is 3.34. The normalized spacial score (nSPS) is 11.9. The van der Waals surface area contributed by atoms with Crippen molar-refractivity contribution in [2.45, 2.75) is 33.2 Å². The zero-order valence-electron chi connectivity index (χ0n) is 12.0. The summed E-state index contributed by atoms with van der Waals surface area (Å²) in [7, 11) is 0. The Labute approximate surface area is 119 Å². The van der Waals surface area contributed by atoms with Crippen molar-refractivity contribution in [3.63, 3.8) is 0 Å². The van der Waals surface area contributed by atoms with Gasteiger partial charge in [-0.3, -0.25) is 0 Å². The van der Waals surface area contributed by atoms with E-state index in [0.29, 0.717) is 12.1 Å². The second kappa shape index (κ2) is 5.70. The van der Waals surface area contributed by atoms with Gasteiger partial charge in [0.25, 0.3) is 0 Å². The summed E-state index contributed by atoms with van der Waals surface area (Å²) in [6, 6.07) is 9.98. The number of nitrogens with two attached hydrogens (primary N) is 1. The largest absolute Gasteiger partial charge is 0.466 e. The maximum Gasteiger partial charge on any atom is 0.106 e. The van der Waals surface area contributed by atoms with Gasteiger partial charge >= 0.3 is 0 Å². The summed E-state index contributed by atoms with van der Waals surface area (Å²) in [4.78, 5) is 0. The van der Waals surface area contributed by atoms with Crippen molar-refractivity contribution in [1.29, 1.82) is 5.26 Å². The van der Waals surface area contributed by atoms with E-state index in [9.17, 15) is 0 Å². The molecule has 1 heterocycles. The van der Waals surface area contributed by atoms with E-state index in [1.54, 1.807) is 0 Å². The van der Waals surface area contributed by atoms with Crippen LogP contribution in [0.2, 0.25) is 0 Å². The van der Waals surface area contributed by atoms with Crippen LogP contribution in [0, 0.1) is 25.2 Å². The predicted molar refractivity (Wildman–Crippen MR) is 80.4 cm³/mol. The fourth-order valence-corrected chi connectivity index (χ4v) is 2.34. The van der Waals surface area contributed by atoms with Gasteiger partial charge in [-0.05, 0) is 50.6 Å². The summed E-state index contributed by atoms with van der Waals surface area (Å²) >= 11 is 0. The highest BCUT2D eigenvalue weighted by Gasteiger charge is 2.13. The number of nitrogens with one attached hydrogen (secondary N) is 1. The van der Waals surface area contributed by atoms with Gasteiger partial charge in [-0.25, -0.2) is 0 Å². The van der Waals surface area contributed by atoms with Crippen LogP contribution >= 0.6 is 0 Å². The van der Waals surface area contributed by atoms with E-state index in [2.05, 4.69) is 18.3 Å². The first-order valence-electron chi connectivity index (χ1n) is 6.60. The van der Waals surface area contributed by atoms with Gasteiger partial charge in [0.15, 0.2) is 0 Å². The molecule has 0 radical (unpaired) electrons. The van der Waals surface area contributed by atoms with E-state index in [1.165, 1.54) is 0 Å². The number of anilines is 2. The molecular weight excluding hydrogens is 250 g/mol. The van der Waals surface area contributed by atoms with Crippen molar-refractivity contribution in [2.24, 2.45) is 0 Å². The fourth-order valence-electron chi connectivity index (χ4n) is 2.34. The van der Waals surface area contributed by atoms with Crippen LogP contribution < -0.4 is 11.1 Å². The van der Waals surface area contributed by atoms with Crippen molar-refractivity contribution in [1.82, 2.24) is 0 Å². The molecule has 4 nitrogen and oxygen atoms in total. The third-order valence-electron chi connectivity index (χ3n) is 3.34. The van der Waals surface area contributed by atoms with Crippen molar-refractivity contribution in [3.8, 4) is 6.07 Å². The van der Waals surface area contributed by atoms with E-state index < -0.39 is 0 Å². The van der Waals surface area contributed by atoms with Crippen LogP contribution in [0.15, 0.2) is 28.7 Å². The van der Waals surface area contributed by atoms with Gasteiger partial charge in [0.05, 0.1) is 18.5 Å². The molecule has 0 saturated carbocycles. The molecule has 4 heteroatoms. The molecule has 3 N–H and O–H groups in total. The quantitative estimate of drug-likeness (QED) is 0.829. The Balaban J connectivity index is 2.20. The average Bonchev–Trinajstić information content (AvgIpc) is 2.73. The SMILES string of the molecule is Cc1cc(C(C)Nc2ccc(N)c(CC#N)c2)c(C)o1. The molecule has 2 aromatic rings. The van der Waals surface area contributed by atoms with Crippen molar-refractivity contribution >= 4 is 11.4 Å². The molecule has 0 bridgehead atoms. The standard InChI is InChI=1S/C16H19N3O/c1-10-8-15(12(3)20-10)11(2)19-14-4-5-16(18)13(9-14)6-7-17/h4-5,8-9,11,19H,6,18H2,1-3H3. The first kappa shape index (κ1) is 14.0. The number of hydrogen-bond donors (Lipinski definition) is 2. The summed E-state index contributed by atoms with van der Waals surface area (Å²) in [6.07, 6.45) is 0.319. The number of benzene rings is 1. The van der Waals surface area contributed by atoms with Crippen LogP contribution in [0.5, 0.6) is 0 Å². The highest BCUT2D eigenvalue weighted by atomic mass is 16.3. The fraction of sp³-hybridized carbons (Fsp3) is 0.312. The highest BCUT2D eigenvalue weighted by molar-refractivity contribution is 5.58. The molecular formula is C16H19N3O. The smallest absolute Gasteiger partial charge is 0.106 e. The molecule has 0 fully saturated rings. The van der Waals surface area contributed by atoms with Crippen LogP contribution in [0.4, 0.5) is 11.4 Å². The van der Waals surface area contributed by atoms with E-state index >= 15 is 0 Å². The number of rotatable bonds is 4. The number of nitrogens with zero attached hydrogens (tertiary/aromatic N) is 1. The van der Waals surface area contributed by atoms with Gasteiger partial charge in [0, 0.05) is 16.9 Å². The Bertz CT molecular complexity index is 652. The first-order valence-corrected chi connectivity index (χ1v) is 6.60. The Morgan fingerprint density at radius 3 is 2.70 bits per heavy atom. The monoisotopic (exact) mass is 269 g/mol. The molecule has 1 unspecified atom stereocenters. The molecule has 1 atom stereocenters. The Morgan fingerprint density at radius 1 is 1.35 bits per heavy atom. The molecule has 20 heavy (non-hydrogen) atoms. The zero-order valence-corrected chi connectivity index (χ0v) is 12.0. The average molecular weight is 269 g/mol. The highest BCUT2D eigenvalue weighted by Crippen LogP contribution is 2.26. The van der Waals surface area contributed by atoms with Gasteiger partial charge in [0.2, 0.25) is 0 Å². The van der Waals surface area contributed by atoms with Gasteiger partial charge in [-0.2, -0.15) is 5.26 Å². The first-order chi connectivity index (χ1) is 9.51. The van der Waals surface area contributed by atoms with E-state index in [0.717, 1.165) is 28.3 Å². The van der Waals surface area contributed by atoms with Crippen LogP contribution in [0.25, 0.3) is 0 Å². The lowest BCUT2D eigenvalue weighted by Crippen LogP contribution is -2.07. The molecule has 0 aliphatic rings. The van der Waals surface area contributed by atoms with Gasteiger partial charge in [-0.1, -0.05) is 0 Å². The summed E-state index contributed by atoms with van der Waals surface area (Å²) in [5.74, 6) is 1.84. The van der Waals surface area contributed by atoms with Crippen LogP contribution in [-0.4, -0.2) is 0 Å².